The molecule has 0 fully saturated rings. The molecule has 5 rings (SSSR count). The molecule has 9 nitrogen and oxygen atoms in total. The summed E-state index contributed by atoms with van der Waals surface area (Å²) in [6.07, 6.45) is 1.66. The number of methoxy groups -OCH3 is 1. The van der Waals surface area contributed by atoms with Crippen molar-refractivity contribution in [2.24, 2.45) is 0 Å². The van der Waals surface area contributed by atoms with Gasteiger partial charge >= 0.3 is 0 Å². The number of nitrogens with zero attached hydrogens (tertiary/aromatic N) is 5. The van der Waals surface area contributed by atoms with Crippen molar-refractivity contribution >= 4 is 16.9 Å². The Morgan fingerprint density at radius 1 is 1.03 bits per heavy atom. The molecule has 0 spiro atoms. The lowest BCUT2D eigenvalue weighted by molar-refractivity contribution is 0.397. The Morgan fingerprint density at radius 2 is 1.84 bits per heavy atom. The summed E-state index contributed by atoms with van der Waals surface area (Å²) in [6, 6.07) is 16.4. The summed E-state index contributed by atoms with van der Waals surface area (Å²) in [4.78, 5) is 22.1. The number of rotatable bonds is 4. The average Bonchev–Trinajstić information content (AvgIpc) is 3.25. The second kappa shape index (κ2) is 7.62. The molecule has 0 saturated carbocycles. The van der Waals surface area contributed by atoms with Crippen LogP contribution in [0.25, 0.3) is 39.2 Å². The van der Waals surface area contributed by atoms with Crippen molar-refractivity contribution in [1.82, 2.24) is 24.7 Å². The summed E-state index contributed by atoms with van der Waals surface area (Å²) < 4.78 is 12.3. The Morgan fingerprint density at radius 3 is 2.56 bits per heavy atom. The second-order valence-electron chi connectivity index (χ2n) is 7.09. The lowest BCUT2D eigenvalue weighted by atomic mass is 10.0. The van der Waals surface area contributed by atoms with Crippen molar-refractivity contribution in [3.8, 4) is 34.1 Å². The highest BCUT2D eigenvalue weighted by molar-refractivity contribution is 5.85. The first-order valence-electron chi connectivity index (χ1n) is 9.78. The number of fused-ring (bicyclic) bond motifs is 1. The van der Waals surface area contributed by atoms with E-state index in [4.69, 9.17) is 14.9 Å². The molecule has 0 radical (unpaired) electrons. The fraction of sp³-hybridized carbons (Fsp3) is 0.0870. The molecule has 0 aliphatic rings. The van der Waals surface area contributed by atoms with E-state index in [0.717, 1.165) is 11.1 Å². The summed E-state index contributed by atoms with van der Waals surface area (Å²) >= 11 is 0. The number of pyridine rings is 1. The fourth-order valence-corrected chi connectivity index (χ4v) is 3.54. The fourth-order valence-electron chi connectivity index (χ4n) is 3.54. The predicted molar refractivity (Wildman–Crippen MR) is 120 cm³/mol. The maximum absolute atomic E-state index is 13.3. The molecule has 158 valence electrons. The SMILES string of the molecule is COc1ncc(-c2ccc3nc(N)n(-c4ccccc4)c(=O)c3c2)cc1-c1nnc(C)o1. The maximum atomic E-state index is 13.3. The highest BCUT2D eigenvalue weighted by Gasteiger charge is 2.17. The van der Waals surface area contributed by atoms with Gasteiger partial charge in [0.2, 0.25) is 17.7 Å². The van der Waals surface area contributed by atoms with Gasteiger partial charge in [0, 0.05) is 18.7 Å². The first kappa shape index (κ1) is 19.4. The number of ether oxygens (including phenoxy) is 1. The number of para-hydroxylation sites is 1. The Balaban J connectivity index is 1.68. The normalized spacial score (nSPS) is 11.1. The maximum Gasteiger partial charge on any atom is 0.267 e. The largest absolute Gasteiger partial charge is 0.480 e. The molecule has 2 N–H and O–H groups in total. The predicted octanol–water partition coefficient (Wildman–Crippen LogP) is 3.40. The van der Waals surface area contributed by atoms with Crippen molar-refractivity contribution in [2.45, 2.75) is 6.92 Å². The van der Waals surface area contributed by atoms with Crippen molar-refractivity contribution in [2.75, 3.05) is 12.8 Å². The van der Waals surface area contributed by atoms with Crippen LogP contribution < -0.4 is 16.0 Å². The third-order valence-corrected chi connectivity index (χ3v) is 5.04. The van der Waals surface area contributed by atoms with Crippen LogP contribution in [0.5, 0.6) is 5.88 Å². The average molecular weight is 426 g/mol. The number of hydrogen-bond acceptors (Lipinski definition) is 8. The molecule has 2 aromatic carbocycles. The van der Waals surface area contributed by atoms with Crippen molar-refractivity contribution in [1.29, 1.82) is 0 Å². The van der Waals surface area contributed by atoms with E-state index in [-0.39, 0.29) is 11.5 Å². The quantitative estimate of drug-likeness (QED) is 0.464. The van der Waals surface area contributed by atoms with E-state index in [1.54, 1.807) is 37.4 Å². The number of nitrogen functional groups attached to an aromatic ring is 1. The van der Waals surface area contributed by atoms with Crippen LogP contribution in [0.1, 0.15) is 5.89 Å². The van der Waals surface area contributed by atoms with Gasteiger partial charge in [-0.1, -0.05) is 24.3 Å². The molecule has 0 unspecified atom stereocenters. The molecule has 32 heavy (non-hydrogen) atoms. The minimum atomic E-state index is -0.255. The molecule has 0 saturated heterocycles. The van der Waals surface area contributed by atoms with Gasteiger partial charge in [0.15, 0.2) is 0 Å². The Bertz CT molecular complexity index is 1510. The van der Waals surface area contributed by atoms with Gasteiger partial charge in [-0.25, -0.2) is 14.5 Å². The van der Waals surface area contributed by atoms with E-state index in [2.05, 4.69) is 20.2 Å². The highest BCUT2D eigenvalue weighted by atomic mass is 16.5. The summed E-state index contributed by atoms with van der Waals surface area (Å²) in [5.41, 5.74) is 9.08. The number of aromatic nitrogens is 5. The van der Waals surface area contributed by atoms with E-state index in [1.165, 1.54) is 11.7 Å². The topological polar surface area (TPSA) is 122 Å². The molecule has 0 amide bonds. The third kappa shape index (κ3) is 3.25. The number of hydrogen-bond donors (Lipinski definition) is 1. The highest BCUT2D eigenvalue weighted by Crippen LogP contribution is 2.32. The monoisotopic (exact) mass is 426 g/mol. The first-order chi connectivity index (χ1) is 15.5. The lowest BCUT2D eigenvalue weighted by Gasteiger charge is -2.11. The first-order valence-corrected chi connectivity index (χ1v) is 9.78. The number of benzene rings is 2. The Kier molecular flexibility index (Phi) is 4.63. The van der Waals surface area contributed by atoms with E-state index in [9.17, 15) is 4.79 Å². The van der Waals surface area contributed by atoms with Gasteiger partial charge in [0.25, 0.3) is 11.4 Å². The molecule has 0 aliphatic carbocycles. The molecule has 5 aromatic rings. The molecule has 0 bridgehead atoms. The minimum Gasteiger partial charge on any atom is -0.480 e. The standard InChI is InChI=1S/C23H18N6O3/c1-13-27-28-21(32-13)18-11-15(12-25-20(18)31-2)14-8-9-19-17(10-14)22(30)29(23(24)26-19)16-6-4-3-5-7-16/h3-12H,1-2H3,(H2,24,26). The van der Waals surface area contributed by atoms with Crippen molar-refractivity contribution in [3.05, 3.63) is 77.0 Å². The van der Waals surface area contributed by atoms with Crippen molar-refractivity contribution < 1.29 is 9.15 Å². The van der Waals surface area contributed by atoms with Crippen LogP contribution in [-0.4, -0.2) is 31.8 Å². The number of aryl methyl sites for hydroxylation is 1. The second-order valence-corrected chi connectivity index (χ2v) is 7.09. The zero-order valence-electron chi connectivity index (χ0n) is 17.3. The van der Waals surface area contributed by atoms with Gasteiger partial charge in [-0.05, 0) is 35.9 Å². The van der Waals surface area contributed by atoms with Crippen LogP contribution in [0.4, 0.5) is 5.95 Å². The summed E-state index contributed by atoms with van der Waals surface area (Å²) in [5, 5.41) is 8.38. The molecule has 0 aliphatic heterocycles. The summed E-state index contributed by atoms with van der Waals surface area (Å²) in [6.45, 7) is 1.71. The Hall–Kier alpha value is -4.53. The van der Waals surface area contributed by atoms with Gasteiger partial charge in [-0.2, -0.15) is 0 Å². The molecule has 0 atom stereocenters. The van der Waals surface area contributed by atoms with Crippen LogP contribution in [-0.2, 0) is 0 Å². The van der Waals surface area contributed by atoms with Crippen LogP contribution in [0.15, 0.2) is 70.0 Å². The lowest BCUT2D eigenvalue weighted by Crippen LogP contribution is -2.23. The van der Waals surface area contributed by atoms with Gasteiger partial charge < -0.3 is 14.9 Å². The van der Waals surface area contributed by atoms with Crippen molar-refractivity contribution in [3.63, 3.8) is 0 Å². The molecular weight excluding hydrogens is 408 g/mol. The van der Waals surface area contributed by atoms with E-state index in [1.807, 2.05) is 30.3 Å². The zero-order valence-corrected chi connectivity index (χ0v) is 17.3. The zero-order chi connectivity index (χ0) is 22.2. The van der Waals surface area contributed by atoms with Gasteiger partial charge in [-0.15, -0.1) is 10.2 Å². The van der Waals surface area contributed by atoms with E-state index < -0.39 is 0 Å². The number of anilines is 1. The van der Waals surface area contributed by atoms with Crippen LogP contribution in [0.3, 0.4) is 0 Å². The van der Waals surface area contributed by atoms with Gasteiger partial charge in [0.05, 0.1) is 23.7 Å². The van der Waals surface area contributed by atoms with Gasteiger partial charge in [0.1, 0.15) is 5.56 Å². The molecule has 3 heterocycles. The van der Waals surface area contributed by atoms with E-state index in [0.29, 0.717) is 39.8 Å². The summed E-state index contributed by atoms with van der Waals surface area (Å²) in [5.74, 6) is 1.22. The Labute approximate surface area is 182 Å². The van der Waals surface area contributed by atoms with E-state index >= 15 is 0 Å². The van der Waals surface area contributed by atoms with Crippen LogP contribution >= 0.6 is 0 Å². The molecule has 3 aromatic heterocycles. The summed E-state index contributed by atoms with van der Waals surface area (Å²) in [7, 11) is 1.52. The van der Waals surface area contributed by atoms with Crippen LogP contribution in [0.2, 0.25) is 0 Å². The smallest absolute Gasteiger partial charge is 0.267 e. The minimum absolute atomic E-state index is 0.126. The number of nitrogens with two attached hydrogens (primary N) is 1. The molecular formula is C23H18N6O3. The van der Waals surface area contributed by atoms with Crippen LogP contribution in [0, 0.1) is 6.92 Å². The third-order valence-electron chi connectivity index (χ3n) is 5.04. The molecule has 9 heteroatoms. The van der Waals surface area contributed by atoms with Gasteiger partial charge in [-0.3, -0.25) is 4.79 Å².